The Morgan fingerprint density at radius 3 is 2.58 bits per heavy atom. The summed E-state index contributed by atoms with van der Waals surface area (Å²) in [4.78, 5) is 39.7. The molecule has 6 heteroatoms. The van der Waals surface area contributed by atoms with E-state index in [1.807, 2.05) is 37.3 Å². The Balaban J connectivity index is 1.80. The van der Waals surface area contributed by atoms with Crippen LogP contribution in [0.4, 0.5) is 0 Å². The number of nitrogens with zero attached hydrogens (tertiary/aromatic N) is 2. The predicted octanol–water partition coefficient (Wildman–Crippen LogP) is 1.93. The van der Waals surface area contributed by atoms with E-state index >= 15 is 0 Å². The predicted molar refractivity (Wildman–Crippen MR) is 97.1 cm³/mol. The lowest BCUT2D eigenvalue weighted by Crippen LogP contribution is -2.58. The lowest BCUT2D eigenvalue weighted by molar-refractivity contribution is -0.154. The van der Waals surface area contributed by atoms with Crippen molar-refractivity contribution in [3.63, 3.8) is 0 Å². The highest BCUT2D eigenvalue weighted by Crippen LogP contribution is 2.29. The van der Waals surface area contributed by atoms with Crippen LogP contribution in [0.3, 0.4) is 0 Å². The molecule has 0 saturated carbocycles. The second kappa shape index (κ2) is 7.56. The van der Waals surface area contributed by atoms with E-state index < -0.39 is 12.0 Å². The van der Waals surface area contributed by atoms with Gasteiger partial charge in [-0.25, -0.2) is 4.79 Å². The maximum Gasteiger partial charge on any atom is 0.326 e. The first kappa shape index (κ1) is 17.9. The van der Waals surface area contributed by atoms with E-state index in [4.69, 9.17) is 0 Å². The zero-order valence-corrected chi connectivity index (χ0v) is 14.7. The SMILES string of the molecule is C/C=C/C(=C\c1ccccc1)C(=O)N1CC(=O)N2C(CCC2C(=O)O)C1. The van der Waals surface area contributed by atoms with Crippen molar-refractivity contribution in [2.75, 3.05) is 13.1 Å². The van der Waals surface area contributed by atoms with Crippen LogP contribution in [-0.2, 0) is 14.4 Å². The largest absolute Gasteiger partial charge is 0.480 e. The van der Waals surface area contributed by atoms with E-state index in [1.54, 1.807) is 18.2 Å². The van der Waals surface area contributed by atoms with Gasteiger partial charge in [0, 0.05) is 12.1 Å². The van der Waals surface area contributed by atoms with Crippen LogP contribution in [0.2, 0.25) is 0 Å². The van der Waals surface area contributed by atoms with Gasteiger partial charge in [-0.2, -0.15) is 0 Å². The number of carbonyl (C=O) groups excluding carboxylic acids is 2. The van der Waals surface area contributed by atoms with Crippen molar-refractivity contribution in [1.82, 2.24) is 9.80 Å². The molecule has 3 rings (SSSR count). The van der Waals surface area contributed by atoms with Crippen LogP contribution < -0.4 is 0 Å². The van der Waals surface area contributed by atoms with Gasteiger partial charge in [0.05, 0.1) is 6.04 Å². The molecule has 136 valence electrons. The molecule has 2 unspecified atom stereocenters. The van der Waals surface area contributed by atoms with Crippen LogP contribution in [0.25, 0.3) is 6.08 Å². The van der Waals surface area contributed by atoms with E-state index in [0.29, 0.717) is 25.0 Å². The monoisotopic (exact) mass is 354 g/mol. The van der Waals surface area contributed by atoms with E-state index in [-0.39, 0.29) is 24.4 Å². The molecule has 1 N–H and O–H groups in total. The second-order valence-electron chi connectivity index (χ2n) is 6.58. The molecule has 2 atom stereocenters. The molecule has 0 bridgehead atoms. The molecular weight excluding hydrogens is 332 g/mol. The zero-order valence-electron chi connectivity index (χ0n) is 14.7. The number of hydrogen-bond acceptors (Lipinski definition) is 3. The summed E-state index contributed by atoms with van der Waals surface area (Å²) < 4.78 is 0. The van der Waals surface area contributed by atoms with Crippen molar-refractivity contribution in [1.29, 1.82) is 0 Å². The van der Waals surface area contributed by atoms with Gasteiger partial charge >= 0.3 is 5.97 Å². The Morgan fingerprint density at radius 1 is 1.19 bits per heavy atom. The molecule has 26 heavy (non-hydrogen) atoms. The molecule has 1 aromatic rings. The maximum absolute atomic E-state index is 13.0. The van der Waals surface area contributed by atoms with Crippen molar-refractivity contribution in [3.8, 4) is 0 Å². The quantitative estimate of drug-likeness (QED) is 0.662. The number of allylic oxidation sites excluding steroid dienone is 1. The molecule has 0 spiro atoms. The van der Waals surface area contributed by atoms with Gasteiger partial charge in [0.25, 0.3) is 5.91 Å². The number of amides is 2. The molecule has 2 fully saturated rings. The summed E-state index contributed by atoms with van der Waals surface area (Å²) in [7, 11) is 0. The van der Waals surface area contributed by atoms with Crippen molar-refractivity contribution < 1.29 is 19.5 Å². The summed E-state index contributed by atoms with van der Waals surface area (Å²) in [5, 5.41) is 9.27. The molecule has 2 aliphatic heterocycles. The smallest absolute Gasteiger partial charge is 0.326 e. The third kappa shape index (κ3) is 3.54. The molecule has 6 nitrogen and oxygen atoms in total. The minimum atomic E-state index is -0.973. The number of aliphatic carboxylic acids is 1. The summed E-state index contributed by atoms with van der Waals surface area (Å²) in [5.74, 6) is -1.48. The van der Waals surface area contributed by atoms with E-state index in [9.17, 15) is 19.5 Å². The van der Waals surface area contributed by atoms with Crippen LogP contribution in [0.15, 0.2) is 48.1 Å². The molecule has 2 amide bonds. The summed E-state index contributed by atoms with van der Waals surface area (Å²) in [6.07, 6.45) is 6.37. The van der Waals surface area contributed by atoms with Gasteiger partial charge < -0.3 is 14.9 Å². The van der Waals surface area contributed by atoms with Crippen LogP contribution in [-0.4, -0.2) is 57.9 Å². The number of carboxylic acid groups (broad SMARTS) is 1. The molecule has 0 radical (unpaired) electrons. The molecular formula is C20H22N2O4. The highest BCUT2D eigenvalue weighted by Gasteiger charge is 2.45. The molecule has 1 aromatic carbocycles. The highest BCUT2D eigenvalue weighted by molar-refractivity contribution is 6.02. The fraction of sp³-hybridized carbons (Fsp3) is 0.350. The first-order valence-corrected chi connectivity index (χ1v) is 8.74. The Labute approximate surface area is 152 Å². The molecule has 0 aromatic heterocycles. The Hall–Kier alpha value is -2.89. The normalized spacial score (nSPS) is 23.4. The third-order valence-corrected chi connectivity index (χ3v) is 4.83. The summed E-state index contributed by atoms with van der Waals surface area (Å²) in [6.45, 7) is 2.13. The maximum atomic E-state index is 13.0. The molecule has 0 aliphatic carbocycles. The van der Waals surface area contributed by atoms with Crippen molar-refractivity contribution in [3.05, 3.63) is 53.6 Å². The number of carbonyl (C=O) groups is 3. The first-order valence-electron chi connectivity index (χ1n) is 8.74. The summed E-state index contributed by atoms with van der Waals surface area (Å²) in [5.41, 5.74) is 1.42. The average molecular weight is 354 g/mol. The van der Waals surface area contributed by atoms with Crippen LogP contribution >= 0.6 is 0 Å². The summed E-state index contributed by atoms with van der Waals surface area (Å²) >= 11 is 0. The first-order chi connectivity index (χ1) is 12.5. The lowest BCUT2D eigenvalue weighted by Gasteiger charge is -2.38. The fourth-order valence-electron chi connectivity index (χ4n) is 3.67. The van der Waals surface area contributed by atoms with Crippen LogP contribution in [0.5, 0.6) is 0 Å². The van der Waals surface area contributed by atoms with E-state index in [2.05, 4.69) is 0 Å². The standard InChI is InChI=1S/C20H22N2O4/c1-2-6-15(11-14-7-4-3-5-8-14)19(24)21-12-16-9-10-17(20(25)26)22(16)18(23)13-21/h2-8,11,16-17H,9-10,12-13H2,1H3,(H,25,26)/b6-2+,15-11+. The van der Waals surface area contributed by atoms with Gasteiger partial charge in [-0.3, -0.25) is 9.59 Å². The number of hydrogen-bond donors (Lipinski definition) is 1. The number of benzene rings is 1. The number of piperazine rings is 1. The van der Waals surface area contributed by atoms with E-state index in [0.717, 1.165) is 5.56 Å². The third-order valence-electron chi connectivity index (χ3n) is 4.83. The van der Waals surface area contributed by atoms with Crippen molar-refractivity contribution in [2.24, 2.45) is 0 Å². The van der Waals surface area contributed by atoms with Gasteiger partial charge in [0.15, 0.2) is 0 Å². The Bertz CT molecular complexity index is 769. The van der Waals surface area contributed by atoms with E-state index in [1.165, 1.54) is 9.80 Å². The Kier molecular flexibility index (Phi) is 5.21. The minimum absolute atomic E-state index is 0.0806. The van der Waals surface area contributed by atoms with Crippen molar-refractivity contribution in [2.45, 2.75) is 31.8 Å². The number of fused-ring (bicyclic) bond motifs is 1. The van der Waals surface area contributed by atoms with Gasteiger partial charge in [0.2, 0.25) is 5.91 Å². The number of carboxylic acids is 1. The van der Waals surface area contributed by atoms with Crippen LogP contribution in [0, 0.1) is 0 Å². The topological polar surface area (TPSA) is 77.9 Å². The fourth-order valence-corrected chi connectivity index (χ4v) is 3.67. The zero-order chi connectivity index (χ0) is 18.7. The van der Waals surface area contributed by atoms with Gasteiger partial charge in [-0.1, -0.05) is 42.5 Å². The average Bonchev–Trinajstić information content (AvgIpc) is 3.06. The lowest BCUT2D eigenvalue weighted by atomic mass is 10.1. The van der Waals surface area contributed by atoms with Gasteiger partial charge in [-0.05, 0) is 31.4 Å². The minimum Gasteiger partial charge on any atom is -0.480 e. The molecule has 2 aliphatic rings. The molecule has 2 heterocycles. The van der Waals surface area contributed by atoms with Crippen molar-refractivity contribution >= 4 is 23.9 Å². The molecule has 2 saturated heterocycles. The number of rotatable bonds is 4. The highest BCUT2D eigenvalue weighted by atomic mass is 16.4. The van der Waals surface area contributed by atoms with Gasteiger partial charge in [0.1, 0.15) is 12.6 Å². The Morgan fingerprint density at radius 2 is 1.92 bits per heavy atom. The van der Waals surface area contributed by atoms with Crippen LogP contribution in [0.1, 0.15) is 25.3 Å². The second-order valence-corrected chi connectivity index (χ2v) is 6.58. The van der Waals surface area contributed by atoms with Gasteiger partial charge in [-0.15, -0.1) is 0 Å². The summed E-state index contributed by atoms with van der Waals surface area (Å²) in [6, 6.07) is 8.55.